The van der Waals surface area contributed by atoms with Crippen molar-refractivity contribution in [3.05, 3.63) is 69.0 Å². The van der Waals surface area contributed by atoms with E-state index in [0.717, 1.165) is 52.8 Å². The Morgan fingerprint density at radius 3 is 2.36 bits per heavy atom. The van der Waals surface area contributed by atoms with Gasteiger partial charge < -0.3 is 14.0 Å². The molecule has 6 nitrogen and oxygen atoms in total. The number of ketones is 1. The Kier molecular flexibility index (Phi) is 8.00. The van der Waals surface area contributed by atoms with E-state index in [9.17, 15) is 9.59 Å². The summed E-state index contributed by atoms with van der Waals surface area (Å²) >= 11 is 6.21. The molecule has 0 unspecified atom stereocenters. The summed E-state index contributed by atoms with van der Waals surface area (Å²) in [5, 5.41) is 1.54. The summed E-state index contributed by atoms with van der Waals surface area (Å²) in [5.74, 6) is -0.0665. The second kappa shape index (κ2) is 10.9. The van der Waals surface area contributed by atoms with Gasteiger partial charge in [0, 0.05) is 42.7 Å². The number of aryl methyl sites for hydroxylation is 1. The largest absolute Gasteiger partial charge is 0.379 e. The summed E-state index contributed by atoms with van der Waals surface area (Å²) in [4.78, 5) is 28.3. The molecule has 1 aromatic heterocycles. The van der Waals surface area contributed by atoms with Crippen molar-refractivity contribution >= 4 is 28.3 Å². The Labute approximate surface area is 217 Å². The normalized spacial score (nSPS) is 15.8. The molecule has 0 radical (unpaired) electrons. The average Bonchev–Trinajstić information content (AvgIpc) is 2.82. The van der Waals surface area contributed by atoms with Crippen LogP contribution in [0.3, 0.4) is 0 Å². The van der Waals surface area contributed by atoms with Gasteiger partial charge in [0.2, 0.25) is 0 Å². The van der Waals surface area contributed by atoms with Crippen molar-refractivity contribution < 1.29 is 14.3 Å². The van der Waals surface area contributed by atoms with E-state index >= 15 is 0 Å². The zero-order chi connectivity index (χ0) is 26.0. The lowest BCUT2D eigenvalue weighted by molar-refractivity contribution is -0.138. The van der Waals surface area contributed by atoms with Crippen LogP contribution in [-0.2, 0) is 20.8 Å². The molecule has 2 heterocycles. The van der Waals surface area contributed by atoms with Crippen LogP contribution in [0, 0.1) is 6.92 Å². The van der Waals surface area contributed by atoms with Crippen LogP contribution >= 0.6 is 11.6 Å². The fraction of sp³-hybridized carbons (Fsp3) is 0.448. The molecular formula is C29H35ClN2O4. The molecule has 1 atom stereocenters. The van der Waals surface area contributed by atoms with Crippen LogP contribution in [0.15, 0.2) is 47.3 Å². The molecule has 36 heavy (non-hydrogen) atoms. The van der Waals surface area contributed by atoms with Gasteiger partial charge in [0.25, 0.3) is 5.56 Å². The fourth-order valence-electron chi connectivity index (χ4n) is 4.85. The smallest absolute Gasteiger partial charge is 0.251 e. The number of fused-ring (bicyclic) bond motifs is 1. The number of hydrogen-bond donors (Lipinski definition) is 0. The van der Waals surface area contributed by atoms with Crippen molar-refractivity contribution in [2.75, 3.05) is 32.8 Å². The number of hydrogen-bond acceptors (Lipinski definition) is 5. The van der Waals surface area contributed by atoms with Gasteiger partial charge in [-0.3, -0.25) is 14.5 Å². The van der Waals surface area contributed by atoms with Crippen LogP contribution in [0.2, 0.25) is 5.02 Å². The Bertz CT molecular complexity index is 1300. The van der Waals surface area contributed by atoms with E-state index in [-0.39, 0.29) is 11.3 Å². The van der Waals surface area contributed by atoms with E-state index in [1.54, 1.807) is 13.0 Å². The fourth-order valence-corrected chi connectivity index (χ4v) is 4.97. The number of halogens is 1. The molecule has 0 bridgehead atoms. The highest BCUT2D eigenvalue weighted by atomic mass is 35.5. The van der Waals surface area contributed by atoms with Crippen molar-refractivity contribution in [2.45, 2.75) is 52.9 Å². The molecule has 1 aliphatic heterocycles. The lowest BCUT2D eigenvalue weighted by Gasteiger charge is -2.30. The van der Waals surface area contributed by atoms with E-state index in [4.69, 9.17) is 21.1 Å². The molecule has 0 N–H and O–H groups in total. The van der Waals surface area contributed by atoms with Gasteiger partial charge in [-0.15, -0.1) is 0 Å². The first-order valence-electron chi connectivity index (χ1n) is 12.5. The third kappa shape index (κ3) is 5.89. The van der Waals surface area contributed by atoms with Gasteiger partial charge in [-0.25, -0.2) is 0 Å². The number of benzene rings is 2. The molecule has 0 saturated carbocycles. The average molecular weight is 511 g/mol. The zero-order valence-corrected chi connectivity index (χ0v) is 22.5. The number of rotatable bonds is 7. The molecule has 1 aliphatic rings. The van der Waals surface area contributed by atoms with Gasteiger partial charge in [0.05, 0.1) is 24.3 Å². The van der Waals surface area contributed by atoms with Crippen LogP contribution in [0.4, 0.5) is 0 Å². The quantitative estimate of drug-likeness (QED) is 0.425. The first-order valence-corrected chi connectivity index (χ1v) is 12.8. The molecule has 192 valence electrons. The van der Waals surface area contributed by atoms with Gasteiger partial charge in [0.15, 0.2) is 5.78 Å². The van der Waals surface area contributed by atoms with Gasteiger partial charge in [-0.05, 0) is 81.1 Å². The molecule has 1 fully saturated rings. The van der Waals surface area contributed by atoms with Crippen molar-refractivity contribution in [3.8, 4) is 11.1 Å². The van der Waals surface area contributed by atoms with Gasteiger partial charge >= 0.3 is 0 Å². The summed E-state index contributed by atoms with van der Waals surface area (Å²) in [6.07, 6.45) is -0.742. The number of ether oxygens (including phenoxy) is 2. The highest BCUT2D eigenvalue weighted by molar-refractivity contribution is 6.30. The predicted octanol–water partition coefficient (Wildman–Crippen LogP) is 5.41. The van der Waals surface area contributed by atoms with Gasteiger partial charge in [-0.1, -0.05) is 23.7 Å². The van der Waals surface area contributed by atoms with Crippen molar-refractivity contribution in [2.24, 2.45) is 0 Å². The first kappa shape index (κ1) is 26.6. The minimum Gasteiger partial charge on any atom is -0.379 e. The van der Waals surface area contributed by atoms with E-state index < -0.39 is 11.7 Å². The summed E-state index contributed by atoms with van der Waals surface area (Å²) in [6.45, 7) is 13.9. The van der Waals surface area contributed by atoms with E-state index in [1.165, 1.54) is 0 Å². The standard InChI is InChI=1S/C29H35ClN2O4/c1-19-18-24-23(10-11-25(34)32(24)13-12-31-14-16-35-17-15-31)27(21-6-8-22(30)9-7-21)26(19)28(20(2)33)36-29(3,4)5/h6-11,18,28H,12-17H2,1-5H3/t28-/m1/s1. The van der Waals surface area contributed by atoms with Crippen LogP contribution in [0.25, 0.3) is 22.0 Å². The first-order chi connectivity index (χ1) is 17.0. The number of carbonyl (C=O) groups excluding carboxylic acids is 1. The number of aromatic nitrogens is 1. The van der Waals surface area contributed by atoms with Crippen LogP contribution in [0.1, 0.15) is 44.9 Å². The summed E-state index contributed by atoms with van der Waals surface area (Å²) in [7, 11) is 0. The molecule has 1 saturated heterocycles. The Balaban J connectivity index is 1.94. The molecule has 4 rings (SSSR count). The predicted molar refractivity (Wildman–Crippen MR) is 145 cm³/mol. The van der Waals surface area contributed by atoms with Gasteiger partial charge in [-0.2, -0.15) is 0 Å². The molecule has 0 aliphatic carbocycles. The van der Waals surface area contributed by atoms with Crippen molar-refractivity contribution in [1.29, 1.82) is 0 Å². The topological polar surface area (TPSA) is 60.8 Å². The Hall–Kier alpha value is -2.51. The number of pyridine rings is 1. The number of morpholine rings is 1. The summed E-state index contributed by atoms with van der Waals surface area (Å²) in [6, 6.07) is 13.1. The molecular weight excluding hydrogens is 476 g/mol. The van der Waals surface area contributed by atoms with E-state index in [0.29, 0.717) is 24.8 Å². The zero-order valence-electron chi connectivity index (χ0n) is 21.8. The Morgan fingerprint density at radius 2 is 1.75 bits per heavy atom. The van der Waals surface area contributed by atoms with E-state index in [2.05, 4.69) is 4.90 Å². The molecule has 7 heteroatoms. The third-order valence-electron chi connectivity index (χ3n) is 6.52. The molecule has 0 spiro atoms. The molecule has 3 aromatic rings. The van der Waals surface area contributed by atoms with Crippen molar-refractivity contribution in [1.82, 2.24) is 9.47 Å². The monoisotopic (exact) mass is 510 g/mol. The second-order valence-corrected chi connectivity index (χ2v) is 10.9. The summed E-state index contributed by atoms with van der Waals surface area (Å²) in [5.41, 5.74) is 3.83. The van der Waals surface area contributed by atoms with E-state index in [1.807, 2.05) is 68.7 Å². The van der Waals surface area contributed by atoms with Crippen LogP contribution in [-0.4, -0.2) is 53.7 Å². The maximum atomic E-state index is 13.0. The highest BCUT2D eigenvalue weighted by Crippen LogP contribution is 2.40. The maximum absolute atomic E-state index is 13.0. The lowest BCUT2D eigenvalue weighted by Crippen LogP contribution is -2.39. The number of carbonyl (C=O) groups is 1. The molecule has 0 amide bonds. The van der Waals surface area contributed by atoms with Crippen LogP contribution in [0.5, 0.6) is 0 Å². The minimum atomic E-state index is -0.742. The number of Topliss-reactive ketones (excluding diaryl/α,β-unsaturated/α-hetero) is 1. The lowest BCUT2D eigenvalue weighted by atomic mass is 9.87. The third-order valence-corrected chi connectivity index (χ3v) is 6.77. The number of nitrogens with zero attached hydrogens (tertiary/aromatic N) is 2. The van der Waals surface area contributed by atoms with Crippen LogP contribution < -0.4 is 5.56 Å². The van der Waals surface area contributed by atoms with Gasteiger partial charge in [0.1, 0.15) is 6.10 Å². The summed E-state index contributed by atoms with van der Waals surface area (Å²) < 4.78 is 13.6. The SMILES string of the molecule is CC(=O)[C@@H](OC(C)(C)C)c1c(C)cc2c(ccc(=O)n2CCN2CCOCC2)c1-c1ccc(Cl)cc1. The highest BCUT2D eigenvalue weighted by Gasteiger charge is 2.30. The maximum Gasteiger partial charge on any atom is 0.251 e. The van der Waals surface area contributed by atoms with Crippen molar-refractivity contribution in [3.63, 3.8) is 0 Å². The second-order valence-electron chi connectivity index (χ2n) is 10.4. The Morgan fingerprint density at radius 1 is 1.08 bits per heavy atom. The molecule has 2 aromatic carbocycles. The minimum absolute atomic E-state index is 0.0426.